The molecular weight excluding hydrogens is 160 g/mol. The van der Waals surface area contributed by atoms with Crippen LogP contribution in [0.25, 0.3) is 0 Å². The van der Waals surface area contributed by atoms with Gasteiger partial charge in [0.1, 0.15) is 17.4 Å². The van der Waals surface area contributed by atoms with E-state index in [2.05, 4.69) is 20.5 Å². The monoisotopic (exact) mass is 166 g/mol. The topological polar surface area (TPSA) is 49.1 Å². The predicted molar refractivity (Wildman–Crippen MR) is 48.6 cm³/mol. The van der Waals surface area contributed by atoms with E-state index in [1.807, 2.05) is 6.92 Å². The van der Waals surface area contributed by atoms with Gasteiger partial charge >= 0.3 is 0 Å². The van der Waals surface area contributed by atoms with Crippen LogP contribution in [-0.2, 0) is 0 Å². The molecule has 0 spiro atoms. The quantitative estimate of drug-likeness (QED) is 0.520. The number of nitrogens with one attached hydrogen (secondary N) is 1. The second-order valence-corrected chi connectivity index (χ2v) is 2.77. The highest BCUT2D eigenvalue weighted by molar-refractivity contribution is 7.80. The largest absolute Gasteiger partial charge is 0.294 e. The van der Waals surface area contributed by atoms with Gasteiger partial charge in [0.15, 0.2) is 0 Å². The van der Waals surface area contributed by atoms with E-state index in [9.17, 15) is 0 Å². The minimum Gasteiger partial charge on any atom is -0.294 e. The zero-order valence-electron chi connectivity index (χ0n) is 5.90. The lowest BCUT2D eigenvalue weighted by molar-refractivity contribution is 0.806. The van der Waals surface area contributed by atoms with Crippen molar-refractivity contribution in [3.8, 4) is 0 Å². The van der Waals surface area contributed by atoms with E-state index in [1.54, 1.807) is 0 Å². The normalized spacial score (nSPS) is 27.4. The number of rotatable bonds is 0. The minimum atomic E-state index is -0.0602. The Hall–Kier alpha value is -1.10. The molecule has 0 aliphatic carbocycles. The molecule has 2 aliphatic rings. The lowest BCUT2D eigenvalue weighted by Crippen LogP contribution is -2.37. The molecule has 11 heavy (non-hydrogen) atoms. The maximum atomic E-state index is 4.98. The third-order valence-electron chi connectivity index (χ3n) is 1.63. The highest BCUT2D eigenvalue weighted by Crippen LogP contribution is 2.07. The molecule has 1 atom stereocenters. The number of fused-ring (bicyclic) bond motifs is 1. The molecule has 0 fully saturated rings. The van der Waals surface area contributed by atoms with Gasteiger partial charge < -0.3 is 0 Å². The van der Waals surface area contributed by atoms with Crippen molar-refractivity contribution in [2.75, 3.05) is 0 Å². The lowest BCUT2D eigenvalue weighted by Gasteiger charge is -2.11. The number of hydrogen-bond donors (Lipinski definition) is 1. The van der Waals surface area contributed by atoms with Gasteiger partial charge in [-0.3, -0.25) is 5.43 Å². The highest BCUT2D eigenvalue weighted by Gasteiger charge is 2.28. The van der Waals surface area contributed by atoms with Gasteiger partial charge in [-0.1, -0.05) is 12.2 Å². The summed E-state index contributed by atoms with van der Waals surface area (Å²) in [6.45, 7) is 1.90. The van der Waals surface area contributed by atoms with E-state index in [0.29, 0.717) is 4.99 Å². The summed E-state index contributed by atoms with van der Waals surface area (Å²) in [5.41, 5.74) is 4.65. The van der Waals surface area contributed by atoms with Gasteiger partial charge in [0.2, 0.25) is 0 Å². The zero-order chi connectivity index (χ0) is 7.84. The van der Waals surface area contributed by atoms with Crippen LogP contribution in [0.1, 0.15) is 6.92 Å². The first-order valence-electron chi connectivity index (χ1n) is 3.23. The number of hydrazone groups is 1. The Morgan fingerprint density at radius 1 is 1.64 bits per heavy atom. The molecular formula is C6H6N4S. The minimum absolute atomic E-state index is 0.0602. The van der Waals surface area contributed by atoms with Gasteiger partial charge in [-0.2, -0.15) is 5.10 Å². The van der Waals surface area contributed by atoms with E-state index in [0.717, 1.165) is 11.4 Å². The Labute approximate surface area is 69.1 Å². The van der Waals surface area contributed by atoms with Gasteiger partial charge in [0.25, 0.3) is 0 Å². The van der Waals surface area contributed by atoms with Crippen LogP contribution in [0.15, 0.2) is 15.1 Å². The van der Waals surface area contributed by atoms with Gasteiger partial charge in [-0.15, -0.1) is 0 Å². The van der Waals surface area contributed by atoms with E-state index in [-0.39, 0.29) is 6.04 Å². The molecule has 0 aromatic carbocycles. The average Bonchev–Trinajstić information content (AvgIpc) is 2.35. The molecule has 2 aliphatic heterocycles. The molecule has 1 unspecified atom stereocenters. The Bertz CT molecular complexity index is 302. The summed E-state index contributed by atoms with van der Waals surface area (Å²) in [6.07, 6.45) is 1.47. The summed E-state index contributed by atoms with van der Waals surface area (Å²) >= 11 is 4.98. The van der Waals surface area contributed by atoms with Crippen molar-refractivity contribution in [1.82, 2.24) is 5.43 Å². The standard InChI is InChI=1S/C6H6N4S/c1-3-4-5(10-9-3)6(11)8-2-7-4/h2,5,10H,1H3. The van der Waals surface area contributed by atoms with Crippen molar-refractivity contribution in [1.29, 1.82) is 0 Å². The Balaban J connectivity index is 2.42. The molecule has 2 rings (SSSR count). The van der Waals surface area contributed by atoms with Crippen molar-refractivity contribution < 1.29 is 0 Å². The molecule has 0 bridgehead atoms. The third kappa shape index (κ3) is 0.883. The Morgan fingerprint density at radius 3 is 3.18 bits per heavy atom. The fraction of sp³-hybridized carbons (Fsp3) is 0.333. The Kier molecular flexibility index (Phi) is 1.32. The molecule has 0 radical (unpaired) electrons. The first kappa shape index (κ1) is 6.60. The first-order valence-corrected chi connectivity index (χ1v) is 3.64. The van der Waals surface area contributed by atoms with Gasteiger partial charge in [-0.25, -0.2) is 9.98 Å². The SMILES string of the molecule is CC1=NNC2C(=S)N=CN=C12. The van der Waals surface area contributed by atoms with Crippen molar-refractivity contribution in [3.63, 3.8) is 0 Å². The molecule has 0 aromatic rings. The van der Waals surface area contributed by atoms with Crippen molar-refractivity contribution >= 4 is 35.0 Å². The summed E-state index contributed by atoms with van der Waals surface area (Å²) in [7, 11) is 0. The first-order chi connectivity index (χ1) is 5.29. The van der Waals surface area contributed by atoms with Crippen LogP contribution in [-0.4, -0.2) is 28.8 Å². The van der Waals surface area contributed by atoms with Crippen LogP contribution in [0, 0.1) is 0 Å². The summed E-state index contributed by atoms with van der Waals surface area (Å²) < 4.78 is 0. The van der Waals surface area contributed by atoms with Crippen molar-refractivity contribution in [3.05, 3.63) is 0 Å². The molecule has 1 N–H and O–H groups in total. The molecule has 2 heterocycles. The van der Waals surface area contributed by atoms with E-state index in [1.165, 1.54) is 6.34 Å². The van der Waals surface area contributed by atoms with E-state index < -0.39 is 0 Å². The summed E-state index contributed by atoms with van der Waals surface area (Å²) in [6, 6.07) is -0.0602. The number of thiocarbonyl (C=S) groups is 1. The second kappa shape index (κ2) is 2.20. The van der Waals surface area contributed by atoms with Gasteiger partial charge in [0, 0.05) is 0 Å². The van der Waals surface area contributed by atoms with E-state index in [4.69, 9.17) is 12.2 Å². The van der Waals surface area contributed by atoms with Crippen LogP contribution in [0.3, 0.4) is 0 Å². The molecule has 5 heteroatoms. The summed E-state index contributed by atoms with van der Waals surface area (Å²) in [5.74, 6) is 0. The molecule has 0 saturated carbocycles. The van der Waals surface area contributed by atoms with Crippen LogP contribution >= 0.6 is 12.2 Å². The van der Waals surface area contributed by atoms with Gasteiger partial charge in [0.05, 0.1) is 11.4 Å². The third-order valence-corrected chi connectivity index (χ3v) is 1.98. The van der Waals surface area contributed by atoms with Crippen LogP contribution in [0.5, 0.6) is 0 Å². The molecule has 4 nitrogen and oxygen atoms in total. The van der Waals surface area contributed by atoms with Crippen molar-refractivity contribution in [2.45, 2.75) is 13.0 Å². The maximum Gasteiger partial charge on any atom is 0.140 e. The molecule has 0 saturated heterocycles. The fourth-order valence-electron chi connectivity index (χ4n) is 1.05. The molecule has 56 valence electrons. The highest BCUT2D eigenvalue weighted by atomic mass is 32.1. The van der Waals surface area contributed by atoms with Crippen LogP contribution in [0.4, 0.5) is 0 Å². The Morgan fingerprint density at radius 2 is 2.45 bits per heavy atom. The van der Waals surface area contributed by atoms with Crippen LogP contribution in [0.2, 0.25) is 0 Å². The lowest BCUT2D eigenvalue weighted by atomic mass is 10.1. The number of hydrogen-bond acceptors (Lipinski definition) is 4. The molecule has 0 amide bonds. The summed E-state index contributed by atoms with van der Waals surface area (Å²) in [5, 5.41) is 4.00. The molecule has 0 aromatic heterocycles. The maximum absolute atomic E-state index is 4.98. The average molecular weight is 166 g/mol. The fourth-order valence-corrected chi connectivity index (χ4v) is 1.26. The smallest absolute Gasteiger partial charge is 0.140 e. The number of aliphatic imine (C=N–C) groups is 2. The second-order valence-electron chi connectivity index (χ2n) is 2.36. The van der Waals surface area contributed by atoms with Gasteiger partial charge in [-0.05, 0) is 6.92 Å². The van der Waals surface area contributed by atoms with Crippen LogP contribution < -0.4 is 5.43 Å². The summed E-state index contributed by atoms with van der Waals surface area (Å²) in [4.78, 5) is 8.56. The van der Waals surface area contributed by atoms with Crippen molar-refractivity contribution in [2.24, 2.45) is 15.1 Å². The zero-order valence-corrected chi connectivity index (χ0v) is 6.72. The number of nitrogens with zero attached hydrogens (tertiary/aromatic N) is 3. The predicted octanol–water partition coefficient (Wildman–Crippen LogP) is 0.144. The van der Waals surface area contributed by atoms with E-state index >= 15 is 0 Å².